The molecule has 0 N–H and O–H groups in total. The molecule has 0 amide bonds. The van der Waals surface area contributed by atoms with Crippen molar-refractivity contribution in [3.05, 3.63) is 54.6 Å². The first-order valence-electron chi connectivity index (χ1n) is 8.00. The van der Waals surface area contributed by atoms with Gasteiger partial charge in [0, 0.05) is 0 Å². The van der Waals surface area contributed by atoms with E-state index in [9.17, 15) is 0 Å². The standard InChI is InChI=1S/C20H23P/c1-3-12-21(13-4-2)20-11-7-10-18-14-16-8-5-6-9-17(16)15-19(18)20/h5-11,14-15H,3-4,12-13H2,1-2H3. The molecule has 0 aromatic heterocycles. The van der Waals surface area contributed by atoms with Crippen LogP contribution >= 0.6 is 7.92 Å². The Hall–Kier alpha value is -1.39. The van der Waals surface area contributed by atoms with Crippen molar-refractivity contribution in [1.29, 1.82) is 0 Å². The fraction of sp³-hybridized carbons (Fsp3) is 0.300. The maximum absolute atomic E-state index is 2.40. The summed E-state index contributed by atoms with van der Waals surface area (Å²) in [5.41, 5.74) is 0. The number of benzene rings is 3. The zero-order chi connectivity index (χ0) is 14.7. The molecule has 0 spiro atoms. The Bertz CT molecular complexity index is 739. The lowest BCUT2D eigenvalue weighted by Gasteiger charge is -2.19. The lowest BCUT2D eigenvalue weighted by Crippen LogP contribution is -2.07. The summed E-state index contributed by atoms with van der Waals surface area (Å²) in [6.45, 7) is 4.62. The van der Waals surface area contributed by atoms with E-state index >= 15 is 0 Å². The van der Waals surface area contributed by atoms with Crippen molar-refractivity contribution in [2.75, 3.05) is 12.3 Å². The first-order chi connectivity index (χ1) is 10.3. The third kappa shape index (κ3) is 2.97. The molecule has 0 nitrogen and oxygen atoms in total. The highest BCUT2D eigenvalue weighted by Crippen LogP contribution is 2.39. The summed E-state index contributed by atoms with van der Waals surface area (Å²) in [7, 11) is -0.0111. The molecule has 0 saturated carbocycles. The summed E-state index contributed by atoms with van der Waals surface area (Å²) < 4.78 is 0. The number of fused-ring (bicyclic) bond motifs is 2. The van der Waals surface area contributed by atoms with Crippen LogP contribution in [0.4, 0.5) is 0 Å². The van der Waals surface area contributed by atoms with E-state index < -0.39 is 0 Å². The van der Waals surface area contributed by atoms with Crippen molar-refractivity contribution in [3.8, 4) is 0 Å². The number of rotatable bonds is 5. The highest BCUT2D eigenvalue weighted by atomic mass is 31.1. The van der Waals surface area contributed by atoms with E-state index in [1.54, 1.807) is 5.30 Å². The largest absolute Gasteiger partial charge is 0.0747 e. The van der Waals surface area contributed by atoms with Gasteiger partial charge in [0.05, 0.1) is 0 Å². The summed E-state index contributed by atoms with van der Waals surface area (Å²) in [6, 6.07) is 20.3. The molecular weight excluding hydrogens is 271 g/mol. The van der Waals surface area contributed by atoms with Crippen molar-refractivity contribution in [1.82, 2.24) is 0 Å². The van der Waals surface area contributed by atoms with Gasteiger partial charge in [-0.1, -0.05) is 77.1 Å². The van der Waals surface area contributed by atoms with Crippen molar-refractivity contribution in [2.24, 2.45) is 0 Å². The Balaban J connectivity index is 2.19. The first-order valence-corrected chi connectivity index (χ1v) is 9.71. The van der Waals surface area contributed by atoms with E-state index in [0.29, 0.717) is 0 Å². The van der Waals surface area contributed by atoms with Crippen molar-refractivity contribution >= 4 is 34.8 Å². The van der Waals surface area contributed by atoms with Crippen LogP contribution in [0.15, 0.2) is 54.6 Å². The summed E-state index contributed by atoms with van der Waals surface area (Å²) in [4.78, 5) is 0. The van der Waals surface area contributed by atoms with Crippen LogP contribution in [0.25, 0.3) is 21.5 Å². The fourth-order valence-electron chi connectivity index (χ4n) is 3.12. The first kappa shape index (κ1) is 14.5. The van der Waals surface area contributed by atoms with E-state index in [1.807, 2.05) is 0 Å². The Morgan fingerprint density at radius 1 is 0.714 bits per heavy atom. The second kappa shape index (κ2) is 6.58. The SMILES string of the molecule is CCCP(CCC)c1cccc2cc3ccccc3cc12. The van der Waals surface area contributed by atoms with Crippen LogP contribution in [-0.2, 0) is 0 Å². The van der Waals surface area contributed by atoms with Gasteiger partial charge in [0.1, 0.15) is 0 Å². The zero-order valence-electron chi connectivity index (χ0n) is 13.0. The molecule has 0 unspecified atom stereocenters. The highest BCUT2D eigenvalue weighted by molar-refractivity contribution is 7.66. The molecule has 3 aromatic carbocycles. The minimum atomic E-state index is -0.0111. The lowest BCUT2D eigenvalue weighted by molar-refractivity contribution is 1.06. The molecule has 0 atom stereocenters. The van der Waals surface area contributed by atoms with E-state index in [2.05, 4.69) is 68.4 Å². The minimum Gasteiger partial charge on any atom is -0.0747 e. The molecule has 108 valence electrons. The topological polar surface area (TPSA) is 0 Å². The molecule has 0 heterocycles. The van der Waals surface area contributed by atoms with Crippen molar-refractivity contribution < 1.29 is 0 Å². The molecule has 1 heteroatoms. The van der Waals surface area contributed by atoms with Gasteiger partial charge in [0.2, 0.25) is 0 Å². The van der Waals surface area contributed by atoms with Crippen LogP contribution in [0.5, 0.6) is 0 Å². The number of hydrogen-bond donors (Lipinski definition) is 0. The van der Waals surface area contributed by atoms with Gasteiger partial charge in [-0.15, -0.1) is 0 Å². The zero-order valence-corrected chi connectivity index (χ0v) is 13.9. The fourth-order valence-corrected chi connectivity index (χ4v) is 5.73. The molecule has 3 aromatic rings. The maximum atomic E-state index is 2.40. The summed E-state index contributed by atoms with van der Waals surface area (Å²) in [6.07, 6.45) is 5.29. The van der Waals surface area contributed by atoms with Gasteiger partial charge in [0.25, 0.3) is 0 Å². The minimum absolute atomic E-state index is 0.0111. The molecule has 0 radical (unpaired) electrons. The molecule has 3 rings (SSSR count). The van der Waals surface area contributed by atoms with Gasteiger partial charge in [-0.2, -0.15) is 0 Å². The molecule has 0 aliphatic carbocycles. The Morgan fingerprint density at radius 2 is 1.33 bits per heavy atom. The average molecular weight is 294 g/mol. The summed E-state index contributed by atoms with van der Waals surface area (Å²) >= 11 is 0. The summed E-state index contributed by atoms with van der Waals surface area (Å²) in [5, 5.41) is 7.19. The molecule has 21 heavy (non-hydrogen) atoms. The smallest absolute Gasteiger partial charge is 0.0101 e. The Kier molecular flexibility index (Phi) is 4.56. The van der Waals surface area contributed by atoms with Gasteiger partial charge < -0.3 is 0 Å². The van der Waals surface area contributed by atoms with Crippen LogP contribution < -0.4 is 5.30 Å². The second-order valence-electron chi connectivity index (χ2n) is 5.68. The van der Waals surface area contributed by atoms with E-state index in [4.69, 9.17) is 0 Å². The van der Waals surface area contributed by atoms with Crippen LogP contribution in [0, 0.1) is 0 Å². The Labute approximate surface area is 128 Å². The molecular formula is C20H23P. The van der Waals surface area contributed by atoms with Gasteiger partial charge in [-0.3, -0.25) is 0 Å². The molecule has 0 fully saturated rings. The van der Waals surface area contributed by atoms with Crippen LogP contribution in [0.3, 0.4) is 0 Å². The normalized spacial score (nSPS) is 11.6. The molecule has 0 bridgehead atoms. The van der Waals surface area contributed by atoms with Crippen LogP contribution in [0.2, 0.25) is 0 Å². The Morgan fingerprint density at radius 3 is 2.00 bits per heavy atom. The number of hydrogen-bond acceptors (Lipinski definition) is 0. The van der Waals surface area contributed by atoms with Gasteiger partial charge >= 0.3 is 0 Å². The van der Waals surface area contributed by atoms with Gasteiger partial charge in [0.15, 0.2) is 0 Å². The van der Waals surface area contributed by atoms with Gasteiger partial charge in [-0.25, -0.2) is 0 Å². The van der Waals surface area contributed by atoms with Crippen molar-refractivity contribution in [2.45, 2.75) is 26.7 Å². The molecule has 0 aliphatic heterocycles. The van der Waals surface area contributed by atoms with E-state index in [1.165, 1.54) is 46.7 Å². The predicted molar refractivity (Wildman–Crippen MR) is 98.3 cm³/mol. The van der Waals surface area contributed by atoms with E-state index in [0.717, 1.165) is 0 Å². The van der Waals surface area contributed by atoms with Gasteiger partial charge in [-0.05, 0) is 51.3 Å². The predicted octanol–water partition coefficient (Wildman–Crippen LogP) is 5.92. The molecule has 0 aliphatic rings. The average Bonchev–Trinajstić information content (AvgIpc) is 2.52. The van der Waals surface area contributed by atoms with Crippen molar-refractivity contribution in [3.63, 3.8) is 0 Å². The van der Waals surface area contributed by atoms with E-state index in [-0.39, 0.29) is 7.92 Å². The van der Waals surface area contributed by atoms with Crippen LogP contribution in [0.1, 0.15) is 26.7 Å². The third-order valence-corrected chi connectivity index (χ3v) is 7.10. The second-order valence-corrected chi connectivity index (χ2v) is 8.14. The lowest BCUT2D eigenvalue weighted by atomic mass is 10.0. The third-order valence-electron chi connectivity index (χ3n) is 4.05. The monoisotopic (exact) mass is 294 g/mol. The molecule has 0 saturated heterocycles. The quantitative estimate of drug-likeness (QED) is 0.405. The maximum Gasteiger partial charge on any atom is -0.0101 e. The van der Waals surface area contributed by atoms with Crippen LogP contribution in [-0.4, -0.2) is 12.3 Å². The summed E-state index contributed by atoms with van der Waals surface area (Å²) in [5.74, 6) is 0. The highest BCUT2D eigenvalue weighted by Gasteiger charge is 2.12.